The summed E-state index contributed by atoms with van der Waals surface area (Å²) in [6.45, 7) is 0. The lowest BCUT2D eigenvalue weighted by molar-refractivity contribution is 0.543. The van der Waals surface area contributed by atoms with E-state index in [4.69, 9.17) is 0 Å². The molecule has 2 aromatic carbocycles. The summed E-state index contributed by atoms with van der Waals surface area (Å²) in [6.07, 6.45) is 6.09. The standard InChI is InChI=1S/C20H22N4O2S/c1-27(25,26)24-16-9-6-14(7-10-16)20-12-17(22-23-20)11-8-15-13-21-19-5-3-2-4-18(15)19/h2-7,9-10,13,17,21-22,24H,8,11-12H2,1H3. The highest BCUT2D eigenvalue weighted by atomic mass is 32.2. The highest BCUT2D eigenvalue weighted by molar-refractivity contribution is 7.92. The Morgan fingerprint density at radius 1 is 1.15 bits per heavy atom. The maximum absolute atomic E-state index is 11.3. The second-order valence-electron chi connectivity index (χ2n) is 6.94. The number of aryl methyl sites for hydroxylation is 1. The van der Waals surface area contributed by atoms with E-state index in [1.807, 2.05) is 18.2 Å². The summed E-state index contributed by atoms with van der Waals surface area (Å²) in [5.41, 5.74) is 8.31. The van der Waals surface area contributed by atoms with E-state index in [1.165, 1.54) is 16.5 Å². The van der Waals surface area contributed by atoms with Crippen molar-refractivity contribution in [1.82, 2.24) is 10.4 Å². The van der Waals surface area contributed by atoms with Crippen LogP contribution in [0.15, 0.2) is 59.8 Å². The van der Waals surface area contributed by atoms with E-state index in [2.05, 4.69) is 44.6 Å². The first-order valence-electron chi connectivity index (χ1n) is 8.93. The molecule has 0 saturated carbocycles. The van der Waals surface area contributed by atoms with Crippen molar-refractivity contribution in [2.75, 3.05) is 11.0 Å². The molecule has 1 aliphatic heterocycles. The lowest BCUT2D eigenvalue weighted by Crippen LogP contribution is -2.20. The molecule has 0 radical (unpaired) electrons. The van der Waals surface area contributed by atoms with E-state index in [0.29, 0.717) is 11.7 Å². The Hall–Kier alpha value is -2.80. The summed E-state index contributed by atoms with van der Waals surface area (Å²) in [5, 5.41) is 5.76. The van der Waals surface area contributed by atoms with E-state index in [9.17, 15) is 8.42 Å². The Balaban J connectivity index is 1.36. The van der Waals surface area contributed by atoms with Gasteiger partial charge in [-0.3, -0.25) is 4.72 Å². The molecule has 27 heavy (non-hydrogen) atoms. The molecule has 2 heterocycles. The average molecular weight is 382 g/mol. The summed E-state index contributed by atoms with van der Waals surface area (Å²) in [7, 11) is -3.26. The van der Waals surface area contributed by atoms with Gasteiger partial charge in [-0.15, -0.1) is 0 Å². The van der Waals surface area contributed by atoms with Crippen molar-refractivity contribution in [2.24, 2.45) is 5.10 Å². The molecule has 0 saturated heterocycles. The van der Waals surface area contributed by atoms with Crippen molar-refractivity contribution < 1.29 is 8.42 Å². The van der Waals surface area contributed by atoms with Gasteiger partial charge in [-0.25, -0.2) is 8.42 Å². The molecule has 140 valence electrons. The van der Waals surface area contributed by atoms with Crippen LogP contribution in [0.1, 0.15) is 24.0 Å². The van der Waals surface area contributed by atoms with Crippen molar-refractivity contribution in [3.63, 3.8) is 0 Å². The minimum Gasteiger partial charge on any atom is -0.361 e. The first-order valence-corrected chi connectivity index (χ1v) is 10.8. The number of sulfonamides is 1. The largest absolute Gasteiger partial charge is 0.361 e. The molecule has 0 spiro atoms. The van der Waals surface area contributed by atoms with Crippen LogP contribution in [-0.2, 0) is 16.4 Å². The quantitative estimate of drug-likeness (QED) is 0.612. The monoisotopic (exact) mass is 382 g/mol. The molecule has 1 unspecified atom stereocenters. The maximum Gasteiger partial charge on any atom is 0.229 e. The Kier molecular flexibility index (Phi) is 4.61. The van der Waals surface area contributed by atoms with Crippen LogP contribution in [0.4, 0.5) is 5.69 Å². The lowest BCUT2D eigenvalue weighted by Gasteiger charge is -2.09. The SMILES string of the molecule is CS(=O)(=O)Nc1ccc(C2=NNC(CCc3c[nH]c4ccccc34)C2)cc1. The van der Waals surface area contributed by atoms with Gasteiger partial charge in [0, 0.05) is 35.2 Å². The number of aromatic amines is 1. The van der Waals surface area contributed by atoms with Gasteiger partial charge in [-0.1, -0.05) is 30.3 Å². The predicted octanol–water partition coefficient (Wildman–Crippen LogP) is 3.24. The van der Waals surface area contributed by atoms with Crippen molar-refractivity contribution in [3.05, 3.63) is 65.9 Å². The van der Waals surface area contributed by atoms with Gasteiger partial charge in [0.15, 0.2) is 0 Å². The van der Waals surface area contributed by atoms with E-state index >= 15 is 0 Å². The summed E-state index contributed by atoms with van der Waals surface area (Å²) < 4.78 is 25.0. The highest BCUT2D eigenvalue weighted by Gasteiger charge is 2.20. The zero-order valence-corrected chi connectivity index (χ0v) is 15.9. The number of nitrogens with one attached hydrogen (secondary N) is 3. The molecule has 4 rings (SSSR count). The molecule has 3 N–H and O–H groups in total. The van der Waals surface area contributed by atoms with Crippen molar-refractivity contribution in [2.45, 2.75) is 25.3 Å². The molecule has 6 nitrogen and oxygen atoms in total. The first kappa shape index (κ1) is 17.6. The van der Waals surface area contributed by atoms with Crippen LogP contribution >= 0.6 is 0 Å². The zero-order chi connectivity index (χ0) is 18.9. The number of aromatic nitrogens is 1. The minimum atomic E-state index is -3.26. The second kappa shape index (κ2) is 7.08. The van der Waals surface area contributed by atoms with Crippen LogP contribution in [0.2, 0.25) is 0 Å². The third-order valence-corrected chi connectivity index (χ3v) is 5.39. The Labute approximate surface area is 158 Å². The normalized spacial score (nSPS) is 16.9. The number of para-hydroxylation sites is 1. The van der Waals surface area contributed by atoms with Gasteiger partial charge < -0.3 is 10.4 Å². The molecular weight excluding hydrogens is 360 g/mol. The number of hydrazone groups is 1. The summed E-state index contributed by atoms with van der Waals surface area (Å²) >= 11 is 0. The number of rotatable bonds is 6. The molecule has 0 amide bonds. The van der Waals surface area contributed by atoms with Crippen LogP contribution in [0.3, 0.4) is 0 Å². The molecular formula is C20H22N4O2S. The fourth-order valence-corrected chi connectivity index (χ4v) is 4.02. The number of H-pyrrole nitrogens is 1. The van der Waals surface area contributed by atoms with Crippen molar-refractivity contribution >= 4 is 32.3 Å². The van der Waals surface area contributed by atoms with Crippen molar-refractivity contribution in [1.29, 1.82) is 0 Å². The molecule has 0 bridgehead atoms. The second-order valence-corrected chi connectivity index (χ2v) is 8.69. The van der Waals surface area contributed by atoms with Gasteiger partial charge in [0.2, 0.25) is 10.0 Å². The topological polar surface area (TPSA) is 86.3 Å². The molecule has 0 fully saturated rings. The van der Waals surface area contributed by atoms with Gasteiger partial charge in [-0.2, -0.15) is 5.10 Å². The number of hydrogen-bond donors (Lipinski definition) is 3. The van der Waals surface area contributed by atoms with Crippen molar-refractivity contribution in [3.8, 4) is 0 Å². The zero-order valence-electron chi connectivity index (χ0n) is 15.1. The van der Waals surface area contributed by atoms with Crippen LogP contribution in [0, 0.1) is 0 Å². The molecule has 1 aliphatic rings. The Morgan fingerprint density at radius 3 is 2.70 bits per heavy atom. The van der Waals surface area contributed by atoms with Gasteiger partial charge >= 0.3 is 0 Å². The predicted molar refractivity (Wildman–Crippen MR) is 110 cm³/mol. The summed E-state index contributed by atoms with van der Waals surface area (Å²) in [6, 6.07) is 16.0. The van der Waals surface area contributed by atoms with Crippen LogP contribution in [0.25, 0.3) is 10.9 Å². The Morgan fingerprint density at radius 2 is 1.93 bits per heavy atom. The summed E-state index contributed by atoms with van der Waals surface area (Å²) in [4.78, 5) is 3.32. The molecule has 1 aromatic heterocycles. The van der Waals surface area contributed by atoms with E-state index in [1.54, 1.807) is 12.1 Å². The molecule has 1 atom stereocenters. The number of fused-ring (bicyclic) bond motifs is 1. The fourth-order valence-electron chi connectivity index (χ4n) is 3.46. The molecule has 7 heteroatoms. The maximum atomic E-state index is 11.3. The van der Waals surface area contributed by atoms with Gasteiger partial charge in [0.25, 0.3) is 0 Å². The van der Waals surface area contributed by atoms with E-state index < -0.39 is 10.0 Å². The summed E-state index contributed by atoms with van der Waals surface area (Å²) in [5.74, 6) is 0. The average Bonchev–Trinajstić information content (AvgIpc) is 3.26. The van der Waals surface area contributed by atoms with E-state index in [0.717, 1.165) is 36.8 Å². The van der Waals surface area contributed by atoms with Crippen LogP contribution in [-0.4, -0.2) is 31.4 Å². The third-order valence-electron chi connectivity index (χ3n) is 4.78. The number of benzene rings is 2. The number of hydrogen-bond acceptors (Lipinski definition) is 4. The minimum absolute atomic E-state index is 0.308. The number of nitrogens with zero attached hydrogens (tertiary/aromatic N) is 1. The van der Waals surface area contributed by atoms with Gasteiger partial charge in [0.1, 0.15) is 0 Å². The lowest BCUT2D eigenvalue weighted by atomic mass is 9.99. The molecule has 3 aromatic rings. The van der Waals surface area contributed by atoms with Gasteiger partial charge in [-0.05, 0) is 42.2 Å². The van der Waals surface area contributed by atoms with Gasteiger partial charge in [0.05, 0.1) is 12.0 Å². The fraction of sp³-hybridized carbons (Fsp3) is 0.250. The van der Waals surface area contributed by atoms with E-state index in [-0.39, 0.29) is 0 Å². The Bertz CT molecular complexity index is 1080. The van der Waals surface area contributed by atoms with Crippen LogP contribution in [0.5, 0.6) is 0 Å². The smallest absolute Gasteiger partial charge is 0.229 e. The first-order chi connectivity index (χ1) is 13.0. The highest BCUT2D eigenvalue weighted by Crippen LogP contribution is 2.22. The number of anilines is 1. The molecule has 0 aliphatic carbocycles. The third kappa shape index (κ3) is 4.14. The van der Waals surface area contributed by atoms with Crippen LogP contribution < -0.4 is 10.1 Å².